The highest BCUT2D eigenvalue weighted by Gasteiger charge is 2.30. The molecule has 0 heterocycles. The van der Waals surface area contributed by atoms with Crippen molar-refractivity contribution in [2.75, 3.05) is 40.5 Å². The Morgan fingerprint density at radius 2 is 1.70 bits per heavy atom. The highest BCUT2D eigenvalue weighted by atomic mass is 35.5. The summed E-state index contributed by atoms with van der Waals surface area (Å²) in [5.74, 6) is 0.652. The van der Waals surface area contributed by atoms with Gasteiger partial charge in [0, 0.05) is 40.0 Å². The molecule has 1 aliphatic rings. The van der Waals surface area contributed by atoms with Crippen molar-refractivity contribution in [3.8, 4) is 5.75 Å². The van der Waals surface area contributed by atoms with Crippen LogP contribution in [0.2, 0.25) is 0 Å². The molecule has 0 spiro atoms. The lowest BCUT2D eigenvalue weighted by Gasteiger charge is -2.30. The number of aliphatic hydroxyl groups excluding tert-OH is 1. The Morgan fingerprint density at radius 3 is 2.35 bits per heavy atom. The van der Waals surface area contributed by atoms with E-state index in [2.05, 4.69) is 24.5 Å². The van der Waals surface area contributed by atoms with E-state index in [1.54, 1.807) is 26.4 Å². The van der Waals surface area contributed by atoms with E-state index in [-0.39, 0.29) is 48.5 Å². The fourth-order valence-corrected chi connectivity index (χ4v) is 5.14. The van der Waals surface area contributed by atoms with Gasteiger partial charge in [0.15, 0.2) is 0 Å². The summed E-state index contributed by atoms with van der Waals surface area (Å²) in [4.78, 5) is 25.7. The Labute approximate surface area is 246 Å². The molecule has 4 unspecified atom stereocenters. The lowest BCUT2D eigenvalue weighted by atomic mass is 9.84. The third-order valence-electron chi connectivity index (χ3n) is 7.74. The fraction of sp³-hybridized carbons (Fsp3) is 0.733. The van der Waals surface area contributed by atoms with Crippen LogP contribution >= 0.6 is 12.4 Å². The van der Waals surface area contributed by atoms with Gasteiger partial charge in [-0.3, -0.25) is 9.59 Å². The summed E-state index contributed by atoms with van der Waals surface area (Å²) in [5, 5.41) is 16.6. The molecular weight excluding hydrogens is 534 g/mol. The summed E-state index contributed by atoms with van der Waals surface area (Å²) in [6.07, 6.45) is 6.25. The number of unbranched alkanes of at least 4 members (excludes halogenated alkanes) is 1. The third-order valence-corrected chi connectivity index (χ3v) is 7.74. The van der Waals surface area contributed by atoms with Gasteiger partial charge in [0.2, 0.25) is 5.91 Å². The molecule has 1 saturated carbocycles. The number of hydrogen-bond acceptors (Lipinski definition) is 7. The number of amides is 2. The maximum absolute atomic E-state index is 13.0. The number of nitrogens with two attached hydrogens (primary N) is 1. The SMILES string of the molecule is COCCCCOc1ccccc1C(=O)NCC(CC(N)C(O)CNC(=O)C(OC)C1CCCCC1)C(C)C.Cl. The van der Waals surface area contributed by atoms with Gasteiger partial charge in [0.05, 0.1) is 18.3 Å². The van der Waals surface area contributed by atoms with E-state index in [1.165, 1.54) is 6.42 Å². The Kier molecular flexibility index (Phi) is 18.1. The molecule has 2 rings (SSSR count). The largest absolute Gasteiger partial charge is 0.493 e. The van der Waals surface area contributed by atoms with E-state index < -0.39 is 18.2 Å². The van der Waals surface area contributed by atoms with Gasteiger partial charge < -0.3 is 35.7 Å². The van der Waals surface area contributed by atoms with Crippen LogP contribution in [-0.2, 0) is 14.3 Å². The minimum atomic E-state index is -0.901. The van der Waals surface area contributed by atoms with E-state index in [0.717, 1.165) is 38.5 Å². The van der Waals surface area contributed by atoms with Gasteiger partial charge in [0.25, 0.3) is 5.91 Å². The number of para-hydroxylation sites is 1. The molecule has 9 nitrogen and oxygen atoms in total. The molecule has 1 aromatic rings. The maximum Gasteiger partial charge on any atom is 0.255 e. The summed E-state index contributed by atoms with van der Waals surface area (Å²) in [6, 6.07) is 6.67. The number of methoxy groups -OCH3 is 2. The Morgan fingerprint density at radius 1 is 1.02 bits per heavy atom. The van der Waals surface area contributed by atoms with Crippen LogP contribution in [0.1, 0.15) is 75.6 Å². The first-order valence-corrected chi connectivity index (χ1v) is 14.5. The van der Waals surface area contributed by atoms with Crippen molar-refractivity contribution in [1.29, 1.82) is 0 Å². The highest BCUT2D eigenvalue weighted by molar-refractivity contribution is 5.96. The van der Waals surface area contributed by atoms with Crippen molar-refractivity contribution < 1.29 is 28.9 Å². The molecule has 0 aliphatic heterocycles. The zero-order chi connectivity index (χ0) is 28.6. The maximum atomic E-state index is 13.0. The number of hydrogen-bond donors (Lipinski definition) is 4. The lowest BCUT2D eigenvalue weighted by Crippen LogP contribution is -2.49. The average molecular weight is 586 g/mol. The lowest BCUT2D eigenvalue weighted by molar-refractivity contribution is -0.135. The first-order valence-electron chi connectivity index (χ1n) is 14.5. The summed E-state index contributed by atoms with van der Waals surface area (Å²) >= 11 is 0. The molecule has 0 bridgehead atoms. The molecule has 10 heteroatoms. The van der Waals surface area contributed by atoms with Crippen LogP contribution in [0.4, 0.5) is 0 Å². The highest BCUT2D eigenvalue weighted by Crippen LogP contribution is 2.28. The predicted molar refractivity (Wildman–Crippen MR) is 160 cm³/mol. The van der Waals surface area contributed by atoms with E-state index >= 15 is 0 Å². The van der Waals surface area contributed by atoms with E-state index in [0.29, 0.717) is 37.5 Å². The van der Waals surface area contributed by atoms with Crippen molar-refractivity contribution in [2.45, 2.75) is 83.5 Å². The second-order valence-electron chi connectivity index (χ2n) is 11.0. The minimum Gasteiger partial charge on any atom is -0.493 e. The van der Waals surface area contributed by atoms with Gasteiger partial charge in [-0.15, -0.1) is 12.4 Å². The van der Waals surface area contributed by atoms with Crippen molar-refractivity contribution in [2.24, 2.45) is 23.5 Å². The summed E-state index contributed by atoms with van der Waals surface area (Å²) in [5.41, 5.74) is 6.84. The summed E-state index contributed by atoms with van der Waals surface area (Å²) in [6.45, 7) is 5.82. The fourth-order valence-electron chi connectivity index (χ4n) is 5.14. The Bertz CT molecular complexity index is 852. The van der Waals surface area contributed by atoms with E-state index in [9.17, 15) is 14.7 Å². The summed E-state index contributed by atoms with van der Waals surface area (Å²) < 4.78 is 16.4. The first-order chi connectivity index (χ1) is 18.8. The molecule has 1 fully saturated rings. The van der Waals surface area contributed by atoms with Crippen LogP contribution in [0.5, 0.6) is 5.75 Å². The topological polar surface area (TPSA) is 132 Å². The van der Waals surface area contributed by atoms with Crippen LogP contribution in [-0.4, -0.2) is 75.7 Å². The van der Waals surface area contributed by atoms with Crippen molar-refractivity contribution in [3.63, 3.8) is 0 Å². The van der Waals surface area contributed by atoms with Gasteiger partial charge >= 0.3 is 0 Å². The van der Waals surface area contributed by atoms with Crippen molar-refractivity contribution >= 4 is 24.2 Å². The van der Waals surface area contributed by atoms with Crippen LogP contribution < -0.4 is 21.1 Å². The second kappa shape index (κ2) is 20.0. The van der Waals surface area contributed by atoms with E-state index in [4.69, 9.17) is 19.9 Å². The van der Waals surface area contributed by atoms with Gasteiger partial charge in [-0.1, -0.05) is 45.2 Å². The number of aliphatic hydroxyl groups is 1. The second-order valence-corrected chi connectivity index (χ2v) is 11.0. The first kappa shape index (κ1) is 36.1. The number of carbonyl (C=O) groups excluding carboxylic acids is 2. The molecular formula is C30H52ClN3O6. The molecule has 4 atom stereocenters. The molecule has 230 valence electrons. The van der Waals surface area contributed by atoms with Gasteiger partial charge in [-0.2, -0.15) is 0 Å². The molecule has 0 aromatic heterocycles. The zero-order valence-corrected chi connectivity index (χ0v) is 25.5. The predicted octanol–water partition coefficient (Wildman–Crippen LogP) is 3.71. The monoisotopic (exact) mass is 585 g/mol. The van der Waals surface area contributed by atoms with Crippen LogP contribution in [0.15, 0.2) is 24.3 Å². The number of carbonyl (C=O) groups is 2. The number of rotatable bonds is 18. The minimum absolute atomic E-state index is 0. The van der Waals surface area contributed by atoms with Gasteiger partial charge in [-0.25, -0.2) is 0 Å². The third kappa shape index (κ3) is 12.3. The van der Waals surface area contributed by atoms with E-state index in [1.807, 2.05) is 12.1 Å². The van der Waals surface area contributed by atoms with Crippen LogP contribution in [0, 0.1) is 17.8 Å². The average Bonchev–Trinajstić information content (AvgIpc) is 2.94. The molecule has 1 aliphatic carbocycles. The quantitative estimate of drug-likeness (QED) is 0.193. The number of halogens is 1. The van der Waals surface area contributed by atoms with Crippen molar-refractivity contribution in [3.05, 3.63) is 29.8 Å². The molecule has 0 saturated heterocycles. The Balaban J connectivity index is 0.00000800. The van der Waals surface area contributed by atoms with Gasteiger partial charge in [-0.05, 0) is 62.0 Å². The number of ether oxygens (including phenoxy) is 3. The molecule has 2 amide bonds. The van der Waals surface area contributed by atoms with Crippen molar-refractivity contribution in [1.82, 2.24) is 10.6 Å². The number of benzene rings is 1. The summed E-state index contributed by atoms with van der Waals surface area (Å²) in [7, 11) is 3.24. The number of nitrogens with one attached hydrogen (secondary N) is 2. The van der Waals surface area contributed by atoms with Gasteiger partial charge in [0.1, 0.15) is 11.9 Å². The Hall–Kier alpha value is -1.91. The molecule has 1 aromatic carbocycles. The molecule has 40 heavy (non-hydrogen) atoms. The zero-order valence-electron chi connectivity index (χ0n) is 24.7. The van der Waals surface area contributed by atoms with Crippen LogP contribution in [0.3, 0.4) is 0 Å². The molecule has 0 radical (unpaired) electrons. The van der Waals surface area contributed by atoms with Crippen LogP contribution in [0.25, 0.3) is 0 Å². The normalized spacial score (nSPS) is 16.9. The molecule has 5 N–H and O–H groups in total. The smallest absolute Gasteiger partial charge is 0.255 e. The standard InChI is InChI=1S/C30H51N3O6.ClH/c1-21(2)23(19-32-29(35)24-14-8-9-15-27(24)39-17-11-10-16-37-3)18-25(31)26(34)20-33-30(36)28(38-4)22-12-6-5-7-13-22;/h8-9,14-15,21-23,25-26,28,34H,5-7,10-13,16-20,31H2,1-4H3,(H,32,35)(H,33,36);1H.